The Morgan fingerprint density at radius 3 is 2.60 bits per heavy atom. The Labute approximate surface area is 118 Å². The summed E-state index contributed by atoms with van der Waals surface area (Å²) in [4.78, 5) is 27.9. The van der Waals surface area contributed by atoms with Gasteiger partial charge in [-0.05, 0) is 33.5 Å². The van der Waals surface area contributed by atoms with E-state index in [2.05, 4.69) is 15.2 Å². The monoisotopic (exact) mass is 283 g/mol. The van der Waals surface area contributed by atoms with Gasteiger partial charge in [0.25, 0.3) is 5.56 Å². The van der Waals surface area contributed by atoms with Gasteiger partial charge in [-0.3, -0.25) is 14.3 Å². The van der Waals surface area contributed by atoms with E-state index in [1.807, 2.05) is 21.0 Å². The highest BCUT2D eigenvalue weighted by Crippen LogP contribution is 2.10. The van der Waals surface area contributed by atoms with E-state index in [-0.39, 0.29) is 5.82 Å². The number of nitrogen functional groups attached to an aromatic ring is 1. The fourth-order valence-corrected chi connectivity index (χ4v) is 1.91. The number of hydrogen-bond acceptors (Lipinski definition) is 5. The van der Waals surface area contributed by atoms with Crippen LogP contribution in [-0.2, 0) is 6.54 Å². The molecular weight excluding hydrogens is 258 g/mol. The van der Waals surface area contributed by atoms with Crippen LogP contribution in [0.3, 0.4) is 0 Å². The average Bonchev–Trinajstić information content (AvgIpc) is 2.37. The minimum atomic E-state index is -0.454. The molecule has 0 aromatic carbocycles. The lowest BCUT2D eigenvalue weighted by Gasteiger charge is -2.14. The van der Waals surface area contributed by atoms with Gasteiger partial charge >= 0.3 is 5.69 Å². The molecule has 0 unspecified atom stereocenters. The summed E-state index contributed by atoms with van der Waals surface area (Å²) in [6.45, 7) is 4.11. The van der Waals surface area contributed by atoms with E-state index < -0.39 is 11.2 Å². The number of anilines is 2. The van der Waals surface area contributed by atoms with Gasteiger partial charge in [0, 0.05) is 13.1 Å². The lowest BCUT2D eigenvalue weighted by molar-refractivity contribution is 0.405. The topological polar surface area (TPSA) is 96.2 Å². The fraction of sp³-hybridized carbons (Fsp3) is 0.692. The molecule has 1 heterocycles. The van der Waals surface area contributed by atoms with Gasteiger partial charge < -0.3 is 16.0 Å². The number of hydrogen-bond donors (Lipinski definition) is 3. The summed E-state index contributed by atoms with van der Waals surface area (Å²) in [7, 11) is 3.98. The molecule has 1 aromatic heterocycles. The zero-order valence-electron chi connectivity index (χ0n) is 12.5. The molecule has 0 bridgehead atoms. The van der Waals surface area contributed by atoms with Gasteiger partial charge in [-0.2, -0.15) is 0 Å². The number of unbranched alkanes of at least 4 members (excludes halogenated alkanes) is 1. The van der Waals surface area contributed by atoms with Crippen molar-refractivity contribution in [3.05, 3.63) is 20.8 Å². The Morgan fingerprint density at radius 2 is 2.00 bits per heavy atom. The maximum atomic E-state index is 11.8. The van der Waals surface area contributed by atoms with E-state index in [4.69, 9.17) is 5.73 Å². The fourth-order valence-electron chi connectivity index (χ4n) is 1.91. The van der Waals surface area contributed by atoms with Crippen LogP contribution < -0.4 is 22.3 Å². The first-order chi connectivity index (χ1) is 9.47. The van der Waals surface area contributed by atoms with Gasteiger partial charge in [-0.1, -0.05) is 13.3 Å². The maximum Gasteiger partial charge on any atom is 0.330 e. The molecule has 0 aliphatic rings. The van der Waals surface area contributed by atoms with Crippen molar-refractivity contribution in [2.45, 2.75) is 32.7 Å². The Kier molecular flexibility index (Phi) is 6.30. The molecule has 1 rings (SSSR count). The van der Waals surface area contributed by atoms with Gasteiger partial charge in [-0.25, -0.2) is 4.79 Å². The molecule has 7 heteroatoms. The minimum Gasteiger partial charge on any atom is -0.383 e. The third-order valence-electron chi connectivity index (χ3n) is 3.06. The number of nitrogens with one attached hydrogen (secondary N) is 2. The molecule has 0 saturated heterocycles. The van der Waals surface area contributed by atoms with E-state index >= 15 is 0 Å². The molecular formula is C13H25N5O2. The minimum absolute atomic E-state index is 0.219. The van der Waals surface area contributed by atoms with Crippen LogP contribution in [0.25, 0.3) is 0 Å². The Morgan fingerprint density at radius 1 is 1.30 bits per heavy atom. The smallest absolute Gasteiger partial charge is 0.330 e. The van der Waals surface area contributed by atoms with Crippen LogP contribution in [0.1, 0.15) is 26.2 Å². The summed E-state index contributed by atoms with van der Waals surface area (Å²) < 4.78 is 1.42. The Bertz CT molecular complexity index is 533. The summed E-state index contributed by atoms with van der Waals surface area (Å²) in [6.07, 6.45) is 2.69. The number of aromatic nitrogens is 2. The molecule has 0 aliphatic carbocycles. The number of nitrogens with zero attached hydrogens (tertiary/aromatic N) is 2. The molecule has 20 heavy (non-hydrogen) atoms. The highest BCUT2D eigenvalue weighted by atomic mass is 16.2. The van der Waals surface area contributed by atoms with Crippen molar-refractivity contribution in [1.82, 2.24) is 14.5 Å². The molecule has 0 fully saturated rings. The van der Waals surface area contributed by atoms with Gasteiger partial charge in [0.05, 0.1) is 0 Å². The maximum absolute atomic E-state index is 11.8. The van der Waals surface area contributed by atoms with Crippen molar-refractivity contribution in [2.24, 2.45) is 0 Å². The van der Waals surface area contributed by atoms with Crippen molar-refractivity contribution < 1.29 is 0 Å². The molecule has 4 N–H and O–H groups in total. The molecule has 7 nitrogen and oxygen atoms in total. The van der Waals surface area contributed by atoms with Gasteiger partial charge in [0.15, 0.2) is 0 Å². The number of H-pyrrole nitrogens is 1. The molecule has 114 valence electrons. The van der Waals surface area contributed by atoms with E-state index in [9.17, 15) is 9.59 Å². The summed E-state index contributed by atoms with van der Waals surface area (Å²) in [6, 6.07) is 0. The lowest BCUT2D eigenvalue weighted by atomic mass is 10.3. The van der Waals surface area contributed by atoms with E-state index in [1.165, 1.54) is 4.57 Å². The zero-order chi connectivity index (χ0) is 15.1. The van der Waals surface area contributed by atoms with Crippen LogP contribution in [0, 0.1) is 0 Å². The number of aromatic amines is 1. The number of rotatable bonds is 8. The van der Waals surface area contributed by atoms with Gasteiger partial charge in [0.1, 0.15) is 11.5 Å². The SMILES string of the molecule is CCCCn1c(N)c(NCCCN(C)C)c(=O)[nH]c1=O. The zero-order valence-corrected chi connectivity index (χ0v) is 12.5. The second-order valence-electron chi connectivity index (χ2n) is 5.11. The van der Waals surface area contributed by atoms with Crippen molar-refractivity contribution in [2.75, 3.05) is 38.2 Å². The third kappa shape index (κ3) is 4.41. The molecule has 0 amide bonds. The summed E-state index contributed by atoms with van der Waals surface area (Å²) >= 11 is 0. The van der Waals surface area contributed by atoms with Crippen molar-refractivity contribution in [1.29, 1.82) is 0 Å². The summed E-state index contributed by atoms with van der Waals surface area (Å²) in [5.41, 5.74) is 5.33. The number of nitrogens with two attached hydrogens (primary N) is 1. The molecule has 0 saturated carbocycles. The van der Waals surface area contributed by atoms with E-state index in [0.29, 0.717) is 18.8 Å². The largest absolute Gasteiger partial charge is 0.383 e. The lowest BCUT2D eigenvalue weighted by Crippen LogP contribution is -2.34. The second kappa shape index (κ2) is 7.74. The molecule has 0 spiro atoms. The van der Waals surface area contributed by atoms with Crippen LogP contribution in [0.2, 0.25) is 0 Å². The molecule has 0 radical (unpaired) electrons. The van der Waals surface area contributed by atoms with Crippen molar-refractivity contribution in [3.8, 4) is 0 Å². The van der Waals surface area contributed by atoms with Crippen LogP contribution in [0.4, 0.5) is 11.5 Å². The van der Waals surface area contributed by atoms with Crippen molar-refractivity contribution >= 4 is 11.5 Å². The molecule has 0 atom stereocenters. The normalized spacial score (nSPS) is 11.0. The predicted molar refractivity (Wildman–Crippen MR) is 82.3 cm³/mol. The first-order valence-electron chi connectivity index (χ1n) is 6.98. The second-order valence-corrected chi connectivity index (χ2v) is 5.11. The first kappa shape index (κ1) is 16.3. The summed E-state index contributed by atoms with van der Waals surface area (Å²) in [5, 5.41) is 3.03. The van der Waals surface area contributed by atoms with Crippen LogP contribution in [0.15, 0.2) is 9.59 Å². The third-order valence-corrected chi connectivity index (χ3v) is 3.06. The molecule has 0 aliphatic heterocycles. The predicted octanol–water partition coefficient (Wildman–Crippen LogP) is 0.283. The average molecular weight is 283 g/mol. The summed E-state index contributed by atoms with van der Waals surface area (Å²) in [5.74, 6) is 0.219. The van der Waals surface area contributed by atoms with E-state index in [1.54, 1.807) is 0 Å². The highest BCUT2D eigenvalue weighted by Gasteiger charge is 2.11. The quantitative estimate of drug-likeness (QED) is 0.596. The standard InChI is InChI=1S/C13H25N5O2/c1-4-5-9-18-11(14)10(12(19)16-13(18)20)15-7-6-8-17(2)3/h15H,4-9,14H2,1-3H3,(H,16,19,20). The van der Waals surface area contributed by atoms with Gasteiger partial charge in [0.2, 0.25) is 0 Å². The first-order valence-corrected chi connectivity index (χ1v) is 6.98. The van der Waals surface area contributed by atoms with Crippen LogP contribution >= 0.6 is 0 Å². The molecule has 1 aromatic rings. The Balaban J connectivity index is 2.84. The van der Waals surface area contributed by atoms with Crippen molar-refractivity contribution in [3.63, 3.8) is 0 Å². The Hall–Kier alpha value is -1.76. The van der Waals surface area contributed by atoms with Gasteiger partial charge in [-0.15, -0.1) is 0 Å². The van der Waals surface area contributed by atoms with Crippen LogP contribution in [-0.4, -0.2) is 41.6 Å². The van der Waals surface area contributed by atoms with Crippen LogP contribution in [0.5, 0.6) is 0 Å². The highest BCUT2D eigenvalue weighted by molar-refractivity contribution is 5.60. The van der Waals surface area contributed by atoms with E-state index in [0.717, 1.165) is 25.8 Å².